The monoisotopic (exact) mass is 339 g/mol. The van der Waals surface area contributed by atoms with Crippen molar-refractivity contribution in [3.63, 3.8) is 0 Å². The lowest BCUT2D eigenvalue weighted by molar-refractivity contribution is 0.185. The van der Waals surface area contributed by atoms with Crippen LogP contribution in [0.1, 0.15) is 24.0 Å². The Morgan fingerprint density at radius 1 is 1.28 bits per heavy atom. The molecule has 1 aliphatic rings. The van der Waals surface area contributed by atoms with Crippen LogP contribution in [0.2, 0.25) is 0 Å². The van der Waals surface area contributed by atoms with Crippen LogP contribution in [0.4, 0.5) is 11.5 Å². The molecule has 2 heterocycles. The van der Waals surface area contributed by atoms with Crippen molar-refractivity contribution >= 4 is 17.5 Å². The molecule has 1 fully saturated rings. The highest BCUT2D eigenvalue weighted by Gasteiger charge is 2.13. The van der Waals surface area contributed by atoms with E-state index < -0.39 is 0 Å². The number of anilines is 2. The predicted octanol–water partition coefficient (Wildman–Crippen LogP) is 2.76. The van der Waals surface area contributed by atoms with E-state index in [0.717, 1.165) is 35.7 Å². The molecule has 0 radical (unpaired) electrons. The van der Waals surface area contributed by atoms with Crippen molar-refractivity contribution in [3.8, 4) is 0 Å². The minimum atomic E-state index is 0.392. The van der Waals surface area contributed by atoms with Gasteiger partial charge in [0.25, 0.3) is 0 Å². The first-order valence-corrected chi connectivity index (χ1v) is 8.60. The lowest BCUT2D eigenvalue weighted by Gasteiger charge is -2.16. The van der Waals surface area contributed by atoms with Crippen molar-refractivity contribution < 1.29 is 4.74 Å². The zero-order chi connectivity index (χ0) is 17.5. The molecule has 0 amide bonds. The van der Waals surface area contributed by atoms with Crippen LogP contribution in [0.3, 0.4) is 0 Å². The topological polar surface area (TPSA) is 75.8 Å². The summed E-state index contributed by atoms with van der Waals surface area (Å²) in [7, 11) is 1.68. The first-order chi connectivity index (χ1) is 12.3. The van der Waals surface area contributed by atoms with Crippen LogP contribution in [0.5, 0.6) is 0 Å². The summed E-state index contributed by atoms with van der Waals surface area (Å²) in [6.45, 7) is 3.22. The molecule has 3 rings (SSSR count). The quantitative estimate of drug-likeness (QED) is 0.625. The van der Waals surface area contributed by atoms with Gasteiger partial charge in [0, 0.05) is 37.6 Å². The number of nitrogens with two attached hydrogens (primary N) is 1. The number of ether oxygens (including phenoxy) is 1. The molecule has 6 nitrogen and oxygen atoms in total. The van der Waals surface area contributed by atoms with Crippen LogP contribution in [0.25, 0.3) is 0 Å². The molecule has 3 N–H and O–H groups in total. The van der Waals surface area contributed by atoms with Gasteiger partial charge in [0.2, 0.25) is 0 Å². The van der Waals surface area contributed by atoms with E-state index in [0.29, 0.717) is 19.1 Å². The highest BCUT2D eigenvalue weighted by Crippen LogP contribution is 2.19. The number of para-hydroxylation sites is 1. The number of hydrogen-bond acceptors (Lipinski definition) is 4. The zero-order valence-corrected chi connectivity index (χ0v) is 14.6. The molecule has 6 heteroatoms. The fraction of sp³-hybridized carbons (Fsp3) is 0.368. The van der Waals surface area contributed by atoms with Crippen molar-refractivity contribution in [1.29, 1.82) is 0 Å². The number of methoxy groups -OCH3 is 1. The van der Waals surface area contributed by atoms with E-state index in [9.17, 15) is 0 Å². The van der Waals surface area contributed by atoms with Gasteiger partial charge in [-0.3, -0.25) is 0 Å². The lowest BCUT2D eigenvalue weighted by Crippen LogP contribution is -2.23. The second-order valence-corrected chi connectivity index (χ2v) is 6.13. The number of aromatic nitrogens is 1. The smallest absolute Gasteiger partial charge is 0.193 e. The highest BCUT2D eigenvalue weighted by molar-refractivity contribution is 5.92. The van der Waals surface area contributed by atoms with Crippen LogP contribution in [0, 0.1) is 0 Å². The fourth-order valence-electron chi connectivity index (χ4n) is 2.96. The molecule has 1 saturated heterocycles. The number of pyridine rings is 1. The van der Waals surface area contributed by atoms with E-state index in [4.69, 9.17) is 10.5 Å². The van der Waals surface area contributed by atoms with Gasteiger partial charge in [0.05, 0.1) is 13.2 Å². The van der Waals surface area contributed by atoms with Crippen molar-refractivity contribution in [2.24, 2.45) is 10.7 Å². The summed E-state index contributed by atoms with van der Waals surface area (Å²) in [5.41, 5.74) is 9.11. The second kappa shape index (κ2) is 8.48. The normalized spacial score (nSPS) is 14.8. The van der Waals surface area contributed by atoms with Crippen LogP contribution in [-0.4, -0.2) is 31.1 Å². The molecule has 25 heavy (non-hydrogen) atoms. The summed E-state index contributed by atoms with van der Waals surface area (Å²) in [4.78, 5) is 11.2. The van der Waals surface area contributed by atoms with Gasteiger partial charge in [0.1, 0.15) is 5.82 Å². The maximum absolute atomic E-state index is 6.05. The molecular formula is C19H25N5O. The third-order valence-corrected chi connectivity index (χ3v) is 4.25. The van der Waals surface area contributed by atoms with Gasteiger partial charge in [-0.25, -0.2) is 9.98 Å². The lowest BCUT2D eigenvalue weighted by atomic mass is 10.2. The first-order valence-electron chi connectivity index (χ1n) is 8.60. The SMILES string of the molecule is COCc1ccccc1NC(N)=NCc1ccnc(N2CCCC2)c1. The van der Waals surface area contributed by atoms with Crippen molar-refractivity contribution in [2.45, 2.75) is 26.0 Å². The Kier molecular flexibility index (Phi) is 5.85. The van der Waals surface area contributed by atoms with Crippen molar-refractivity contribution in [1.82, 2.24) is 4.98 Å². The number of hydrogen-bond donors (Lipinski definition) is 2. The van der Waals surface area contributed by atoms with Crippen LogP contribution in [-0.2, 0) is 17.9 Å². The third-order valence-electron chi connectivity index (χ3n) is 4.25. The minimum absolute atomic E-state index is 0.392. The van der Waals surface area contributed by atoms with Crippen molar-refractivity contribution in [2.75, 3.05) is 30.4 Å². The highest BCUT2D eigenvalue weighted by atomic mass is 16.5. The molecule has 0 unspecified atom stereocenters. The number of guanidine groups is 1. The number of nitrogens with one attached hydrogen (secondary N) is 1. The van der Waals surface area contributed by atoms with Gasteiger partial charge < -0.3 is 20.7 Å². The number of rotatable bonds is 6. The van der Waals surface area contributed by atoms with Gasteiger partial charge in [0.15, 0.2) is 5.96 Å². The van der Waals surface area contributed by atoms with Crippen LogP contribution < -0.4 is 16.0 Å². The summed E-state index contributed by atoms with van der Waals surface area (Å²) in [5, 5.41) is 3.16. The maximum atomic E-state index is 6.05. The second-order valence-electron chi connectivity index (χ2n) is 6.13. The molecule has 132 valence electrons. The van der Waals surface area contributed by atoms with Gasteiger partial charge in [-0.2, -0.15) is 0 Å². The molecule has 1 aromatic carbocycles. The zero-order valence-electron chi connectivity index (χ0n) is 14.6. The van der Waals surface area contributed by atoms with E-state index in [1.54, 1.807) is 7.11 Å². The van der Waals surface area contributed by atoms with Gasteiger partial charge in [-0.15, -0.1) is 0 Å². The molecular weight excluding hydrogens is 314 g/mol. The summed E-state index contributed by atoms with van der Waals surface area (Å²) in [6, 6.07) is 12.0. The Bertz CT molecular complexity index is 725. The van der Waals surface area contributed by atoms with E-state index in [2.05, 4.69) is 26.3 Å². The van der Waals surface area contributed by atoms with Gasteiger partial charge in [-0.05, 0) is 36.6 Å². The third kappa shape index (κ3) is 4.70. The average molecular weight is 339 g/mol. The van der Waals surface area contributed by atoms with E-state index in [1.165, 1.54) is 12.8 Å². The number of aliphatic imine (C=N–C) groups is 1. The Morgan fingerprint density at radius 3 is 2.88 bits per heavy atom. The Labute approximate surface area is 148 Å². The molecule has 1 aliphatic heterocycles. The predicted molar refractivity (Wildman–Crippen MR) is 102 cm³/mol. The first kappa shape index (κ1) is 17.2. The Hall–Kier alpha value is -2.60. The maximum Gasteiger partial charge on any atom is 0.193 e. The average Bonchev–Trinajstić information content (AvgIpc) is 3.17. The summed E-state index contributed by atoms with van der Waals surface area (Å²) < 4.78 is 5.21. The Morgan fingerprint density at radius 2 is 2.08 bits per heavy atom. The van der Waals surface area contributed by atoms with E-state index in [1.807, 2.05) is 36.5 Å². The number of benzene rings is 1. The van der Waals surface area contributed by atoms with E-state index in [-0.39, 0.29) is 0 Å². The Balaban J connectivity index is 1.64. The summed E-state index contributed by atoms with van der Waals surface area (Å²) in [5.74, 6) is 1.42. The molecule has 0 bridgehead atoms. The molecule has 1 aromatic heterocycles. The molecule has 0 spiro atoms. The van der Waals surface area contributed by atoms with Gasteiger partial charge in [-0.1, -0.05) is 18.2 Å². The van der Waals surface area contributed by atoms with Crippen LogP contribution in [0.15, 0.2) is 47.6 Å². The fourth-order valence-corrected chi connectivity index (χ4v) is 2.96. The minimum Gasteiger partial charge on any atom is -0.380 e. The summed E-state index contributed by atoms with van der Waals surface area (Å²) >= 11 is 0. The number of nitrogens with zero attached hydrogens (tertiary/aromatic N) is 3. The largest absolute Gasteiger partial charge is 0.380 e. The molecule has 0 atom stereocenters. The van der Waals surface area contributed by atoms with Crippen molar-refractivity contribution in [3.05, 3.63) is 53.7 Å². The van der Waals surface area contributed by atoms with E-state index >= 15 is 0 Å². The molecule has 0 aliphatic carbocycles. The van der Waals surface area contributed by atoms with Crippen LogP contribution >= 0.6 is 0 Å². The standard InChI is InChI=1S/C19H25N5O/c1-25-14-16-6-2-3-7-17(16)23-19(20)22-13-15-8-9-21-18(12-15)24-10-4-5-11-24/h2-3,6-9,12H,4-5,10-11,13-14H2,1H3,(H3,20,22,23). The summed E-state index contributed by atoms with van der Waals surface area (Å²) in [6.07, 6.45) is 4.32. The van der Waals surface area contributed by atoms with Gasteiger partial charge >= 0.3 is 0 Å². The molecule has 2 aromatic rings. The molecule has 0 saturated carbocycles.